The fourth-order valence-electron chi connectivity index (χ4n) is 1.59. The Morgan fingerprint density at radius 1 is 1.61 bits per heavy atom. The number of thioether (sulfide) groups is 1. The van der Waals surface area contributed by atoms with Gasteiger partial charge in [0.2, 0.25) is 0 Å². The molecule has 0 fully saturated rings. The molecule has 3 nitrogen and oxygen atoms in total. The zero-order valence-electron chi connectivity index (χ0n) is 9.95. The summed E-state index contributed by atoms with van der Waals surface area (Å²) in [5.74, 6) is 0.636. The van der Waals surface area contributed by atoms with E-state index in [-0.39, 0.29) is 11.9 Å². The second-order valence-corrected chi connectivity index (χ2v) is 5.85. The minimum atomic E-state index is -0.284. The van der Waals surface area contributed by atoms with Crippen LogP contribution >= 0.6 is 27.7 Å². The third kappa shape index (κ3) is 3.70. The highest BCUT2D eigenvalue weighted by molar-refractivity contribution is 9.10. The highest BCUT2D eigenvalue weighted by atomic mass is 79.9. The van der Waals surface area contributed by atoms with Crippen LogP contribution < -0.4 is 5.32 Å². The SMILES string of the molecule is COCCC1CSC(Nc2ccc(Br)cc2F)=N1. The molecule has 6 heteroatoms. The van der Waals surface area contributed by atoms with Crippen molar-refractivity contribution in [3.63, 3.8) is 0 Å². The lowest BCUT2D eigenvalue weighted by Gasteiger charge is -2.06. The summed E-state index contributed by atoms with van der Waals surface area (Å²) < 4.78 is 19.4. The monoisotopic (exact) mass is 332 g/mol. The number of benzene rings is 1. The van der Waals surface area contributed by atoms with Crippen molar-refractivity contribution < 1.29 is 9.13 Å². The van der Waals surface area contributed by atoms with Gasteiger partial charge in [-0.2, -0.15) is 0 Å². The summed E-state index contributed by atoms with van der Waals surface area (Å²) in [6.45, 7) is 0.703. The molecule has 0 aromatic heterocycles. The van der Waals surface area contributed by atoms with Gasteiger partial charge in [0.05, 0.1) is 11.7 Å². The lowest BCUT2D eigenvalue weighted by molar-refractivity contribution is 0.190. The summed E-state index contributed by atoms with van der Waals surface area (Å²) in [6, 6.07) is 5.19. The molecule has 18 heavy (non-hydrogen) atoms. The third-order valence-electron chi connectivity index (χ3n) is 2.54. The standard InChI is InChI=1S/C12H14BrFN2OS/c1-17-5-4-9-7-18-12(15-9)16-11-3-2-8(13)6-10(11)14/h2-3,6,9H,4-5,7H2,1H3,(H,15,16). The van der Waals surface area contributed by atoms with Crippen LogP contribution in [-0.4, -0.2) is 30.7 Å². The van der Waals surface area contributed by atoms with Crippen molar-refractivity contribution in [2.45, 2.75) is 12.5 Å². The maximum atomic E-state index is 13.6. The smallest absolute Gasteiger partial charge is 0.161 e. The Morgan fingerprint density at radius 2 is 2.44 bits per heavy atom. The number of ether oxygens (including phenoxy) is 1. The molecule has 1 aliphatic rings. The Bertz CT molecular complexity index is 456. The van der Waals surface area contributed by atoms with Gasteiger partial charge < -0.3 is 10.1 Å². The maximum Gasteiger partial charge on any atom is 0.161 e. The zero-order chi connectivity index (χ0) is 13.0. The van der Waals surface area contributed by atoms with Gasteiger partial charge in [0.25, 0.3) is 0 Å². The van der Waals surface area contributed by atoms with Crippen LogP contribution in [-0.2, 0) is 4.74 Å². The van der Waals surface area contributed by atoms with E-state index in [9.17, 15) is 4.39 Å². The number of nitrogens with one attached hydrogen (secondary N) is 1. The van der Waals surface area contributed by atoms with E-state index in [1.54, 1.807) is 31.0 Å². The Labute approximate surface area is 118 Å². The van der Waals surface area contributed by atoms with E-state index in [1.807, 2.05) is 0 Å². The van der Waals surface area contributed by atoms with Crippen LogP contribution in [0.2, 0.25) is 0 Å². The second kappa shape index (κ2) is 6.54. The predicted molar refractivity (Wildman–Crippen MR) is 77.9 cm³/mol. The molecule has 1 aromatic carbocycles. The average Bonchev–Trinajstić information content (AvgIpc) is 2.78. The Morgan fingerprint density at radius 3 is 3.17 bits per heavy atom. The van der Waals surface area contributed by atoms with Crippen molar-refractivity contribution in [3.05, 3.63) is 28.5 Å². The summed E-state index contributed by atoms with van der Waals surface area (Å²) in [6.07, 6.45) is 0.900. The molecule has 2 rings (SSSR count). The van der Waals surface area contributed by atoms with Gasteiger partial charge in [-0.05, 0) is 24.6 Å². The molecule has 0 saturated heterocycles. The first kappa shape index (κ1) is 13.8. The van der Waals surface area contributed by atoms with Crippen LogP contribution in [0.25, 0.3) is 0 Å². The minimum absolute atomic E-state index is 0.260. The van der Waals surface area contributed by atoms with E-state index in [2.05, 4.69) is 26.2 Å². The Kier molecular flexibility index (Phi) is 5.03. The number of halogens is 2. The number of hydrogen-bond donors (Lipinski definition) is 1. The number of hydrogen-bond acceptors (Lipinski definition) is 4. The van der Waals surface area contributed by atoms with E-state index in [0.717, 1.165) is 21.8 Å². The van der Waals surface area contributed by atoms with Gasteiger partial charge in [0.15, 0.2) is 5.17 Å². The quantitative estimate of drug-likeness (QED) is 0.916. The fourth-order valence-corrected chi connectivity index (χ4v) is 2.92. The van der Waals surface area contributed by atoms with Crippen LogP contribution in [0.5, 0.6) is 0 Å². The molecule has 0 amide bonds. The molecule has 0 radical (unpaired) electrons. The van der Waals surface area contributed by atoms with Crippen LogP contribution in [0, 0.1) is 5.82 Å². The first-order valence-electron chi connectivity index (χ1n) is 5.60. The molecule has 1 aliphatic heterocycles. The van der Waals surface area contributed by atoms with E-state index in [1.165, 1.54) is 6.07 Å². The van der Waals surface area contributed by atoms with E-state index in [0.29, 0.717) is 12.3 Å². The summed E-state index contributed by atoms with van der Waals surface area (Å²) in [7, 11) is 1.68. The summed E-state index contributed by atoms with van der Waals surface area (Å²) >= 11 is 4.84. The highest BCUT2D eigenvalue weighted by Gasteiger charge is 2.18. The van der Waals surface area contributed by atoms with Gasteiger partial charge in [-0.3, -0.25) is 4.99 Å². The lowest BCUT2D eigenvalue weighted by atomic mass is 10.2. The lowest BCUT2D eigenvalue weighted by Crippen LogP contribution is -2.08. The molecule has 1 aromatic rings. The number of methoxy groups -OCH3 is 1. The van der Waals surface area contributed by atoms with E-state index in [4.69, 9.17) is 4.74 Å². The van der Waals surface area contributed by atoms with Gasteiger partial charge in [-0.25, -0.2) is 4.39 Å². The first-order valence-corrected chi connectivity index (χ1v) is 7.38. The average molecular weight is 333 g/mol. The maximum absolute atomic E-state index is 13.6. The molecule has 98 valence electrons. The minimum Gasteiger partial charge on any atom is -0.385 e. The molecule has 1 atom stereocenters. The van der Waals surface area contributed by atoms with Crippen LogP contribution in [0.3, 0.4) is 0 Å². The Hall–Kier alpha value is -0.590. The molecule has 0 bridgehead atoms. The van der Waals surface area contributed by atoms with Gasteiger partial charge in [0, 0.05) is 23.9 Å². The molecule has 0 aliphatic carbocycles. The topological polar surface area (TPSA) is 33.6 Å². The van der Waals surface area contributed by atoms with Crippen LogP contribution in [0.1, 0.15) is 6.42 Å². The van der Waals surface area contributed by atoms with Crippen molar-refractivity contribution in [1.82, 2.24) is 0 Å². The van der Waals surface area contributed by atoms with Crippen LogP contribution in [0.15, 0.2) is 27.7 Å². The number of nitrogens with zero attached hydrogens (tertiary/aromatic N) is 1. The molecule has 0 saturated carbocycles. The molecular formula is C12H14BrFN2OS. The van der Waals surface area contributed by atoms with Crippen molar-refractivity contribution in [1.29, 1.82) is 0 Å². The molecule has 1 unspecified atom stereocenters. The van der Waals surface area contributed by atoms with Crippen molar-refractivity contribution in [2.75, 3.05) is 24.8 Å². The molecule has 1 N–H and O–H groups in total. The van der Waals surface area contributed by atoms with E-state index >= 15 is 0 Å². The van der Waals surface area contributed by atoms with Crippen molar-refractivity contribution >= 4 is 38.5 Å². The van der Waals surface area contributed by atoms with Gasteiger partial charge >= 0.3 is 0 Å². The van der Waals surface area contributed by atoms with Gasteiger partial charge in [0.1, 0.15) is 5.82 Å². The first-order chi connectivity index (χ1) is 8.69. The Balaban J connectivity index is 1.97. The number of aliphatic imine (C=N–C) groups is 1. The van der Waals surface area contributed by atoms with Gasteiger partial charge in [-0.1, -0.05) is 27.7 Å². The molecular weight excluding hydrogens is 319 g/mol. The number of anilines is 1. The molecule has 1 heterocycles. The third-order valence-corrected chi connectivity index (χ3v) is 4.07. The number of rotatable bonds is 4. The summed E-state index contributed by atoms with van der Waals surface area (Å²) in [5.41, 5.74) is 0.455. The largest absolute Gasteiger partial charge is 0.385 e. The van der Waals surface area contributed by atoms with E-state index < -0.39 is 0 Å². The van der Waals surface area contributed by atoms with Gasteiger partial charge in [-0.15, -0.1) is 0 Å². The second-order valence-electron chi connectivity index (χ2n) is 3.93. The molecule has 0 spiro atoms. The van der Waals surface area contributed by atoms with Crippen LogP contribution in [0.4, 0.5) is 10.1 Å². The predicted octanol–water partition coefficient (Wildman–Crippen LogP) is 3.51. The fraction of sp³-hybridized carbons (Fsp3) is 0.417. The summed E-state index contributed by atoms with van der Waals surface area (Å²) in [5, 5.41) is 3.79. The van der Waals surface area contributed by atoms with Crippen molar-refractivity contribution in [2.24, 2.45) is 4.99 Å². The number of amidine groups is 1. The zero-order valence-corrected chi connectivity index (χ0v) is 12.4. The normalized spacial score (nSPS) is 18.8. The highest BCUT2D eigenvalue weighted by Crippen LogP contribution is 2.24. The summed E-state index contributed by atoms with van der Waals surface area (Å²) in [4.78, 5) is 4.49. The van der Waals surface area contributed by atoms with Crippen molar-refractivity contribution in [3.8, 4) is 0 Å².